The molecule has 0 aliphatic carbocycles. The van der Waals surface area contributed by atoms with E-state index >= 15 is 0 Å². The van der Waals surface area contributed by atoms with Gasteiger partial charge in [0.1, 0.15) is 0 Å². The van der Waals surface area contributed by atoms with Crippen LogP contribution < -0.4 is 15.0 Å². The summed E-state index contributed by atoms with van der Waals surface area (Å²) in [7, 11) is 3.14. The van der Waals surface area contributed by atoms with Gasteiger partial charge in [0.25, 0.3) is 0 Å². The zero-order valence-corrected chi connectivity index (χ0v) is 15.9. The van der Waals surface area contributed by atoms with Crippen LogP contribution in [0.3, 0.4) is 0 Å². The Morgan fingerprint density at radius 2 is 1.68 bits per heavy atom. The van der Waals surface area contributed by atoms with Gasteiger partial charge in [-0.3, -0.25) is 9.59 Å². The molecule has 136 valence electrons. The number of hydrogen-bond acceptors (Lipinski definition) is 7. The van der Waals surface area contributed by atoms with Crippen molar-refractivity contribution >= 4 is 33.2 Å². The highest BCUT2D eigenvalue weighted by molar-refractivity contribution is 7.20. The summed E-state index contributed by atoms with van der Waals surface area (Å²) in [5, 5.41) is 0.906. The number of benzene rings is 1. The number of nitrogens with one attached hydrogen (secondary N) is 1. The number of thiophene rings is 1. The van der Waals surface area contributed by atoms with Crippen molar-refractivity contribution < 1.29 is 23.9 Å². The lowest BCUT2D eigenvalue weighted by Gasteiger charge is -2.18. The number of carbonyl (C=O) groups excluding carboxylic acids is 2. The Hall–Kier alpha value is -2.12. The fourth-order valence-corrected chi connectivity index (χ4v) is 3.14. The molecule has 0 unspecified atom stereocenters. The standard InChI is InChI=1S/C18H23NO5S/c1-18(2,3)19-24-17(21)7-6-12(20)16-9-11-8-13(22-4)14(23-5)10-15(11)25-16/h8-10,19H,6-7H2,1-5H3. The van der Waals surface area contributed by atoms with E-state index in [2.05, 4.69) is 5.48 Å². The molecule has 0 atom stereocenters. The molecule has 0 saturated carbocycles. The van der Waals surface area contributed by atoms with Crippen LogP contribution in [0.2, 0.25) is 0 Å². The highest BCUT2D eigenvalue weighted by atomic mass is 32.1. The summed E-state index contributed by atoms with van der Waals surface area (Å²) >= 11 is 1.37. The quantitative estimate of drug-likeness (QED) is 0.595. The molecule has 0 radical (unpaired) electrons. The fraction of sp³-hybridized carbons (Fsp3) is 0.444. The average Bonchev–Trinajstić information content (AvgIpc) is 2.98. The minimum absolute atomic E-state index is 0.0306. The molecule has 0 amide bonds. The number of methoxy groups -OCH3 is 2. The van der Waals surface area contributed by atoms with Crippen LogP contribution in [0.25, 0.3) is 10.1 Å². The lowest BCUT2D eigenvalue weighted by Crippen LogP contribution is -2.37. The molecular formula is C18H23NO5S. The van der Waals surface area contributed by atoms with Crippen molar-refractivity contribution in [3.63, 3.8) is 0 Å². The van der Waals surface area contributed by atoms with Gasteiger partial charge in [0, 0.05) is 22.7 Å². The van der Waals surface area contributed by atoms with Gasteiger partial charge in [-0.15, -0.1) is 16.8 Å². The SMILES string of the molecule is COc1cc2cc(C(=O)CCC(=O)ONC(C)(C)C)sc2cc1OC. The van der Waals surface area contributed by atoms with Gasteiger partial charge >= 0.3 is 5.97 Å². The van der Waals surface area contributed by atoms with Gasteiger partial charge in [-0.2, -0.15) is 0 Å². The molecular weight excluding hydrogens is 342 g/mol. The van der Waals surface area contributed by atoms with Gasteiger partial charge in [-0.05, 0) is 38.3 Å². The second-order valence-corrected chi connectivity index (χ2v) is 7.69. The van der Waals surface area contributed by atoms with Crippen molar-refractivity contribution in [2.75, 3.05) is 14.2 Å². The van der Waals surface area contributed by atoms with Crippen LogP contribution >= 0.6 is 11.3 Å². The van der Waals surface area contributed by atoms with Crippen LogP contribution in [0.5, 0.6) is 11.5 Å². The Bertz CT molecular complexity index is 735. The lowest BCUT2D eigenvalue weighted by molar-refractivity contribution is -0.155. The number of ether oxygens (including phenoxy) is 2. The van der Waals surface area contributed by atoms with Crippen molar-refractivity contribution in [2.45, 2.75) is 39.2 Å². The molecule has 25 heavy (non-hydrogen) atoms. The van der Waals surface area contributed by atoms with Gasteiger partial charge in [-0.1, -0.05) is 0 Å². The van der Waals surface area contributed by atoms with E-state index < -0.39 is 5.97 Å². The molecule has 0 aliphatic rings. The number of hydroxylamine groups is 1. The smallest absolute Gasteiger partial charge is 0.325 e. The van der Waals surface area contributed by atoms with Gasteiger partial charge in [0.2, 0.25) is 0 Å². The van der Waals surface area contributed by atoms with Gasteiger partial charge < -0.3 is 14.3 Å². The lowest BCUT2D eigenvalue weighted by atomic mass is 10.1. The third-order valence-corrected chi connectivity index (χ3v) is 4.46. The van der Waals surface area contributed by atoms with Crippen LogP contribution in [0.4, 0.5) is 0 Å². The van der Waals surface area contributed by atoms with E-state index in [0.29, 0.717) is 16.4 Å². The second kappa shape index (κ2) is 7.84. The van der Waals surface area contributed by atoms with Gasteiger partial charge in [0.15, 0.2) is 17.3 Å². The molecule has 0 aliphatic heterocycles. The third-order valence-electron chi connectivity index (χ3n) is 3.32. The number of hydrogen-bond donors (Lipinski definition) is 1. The van der Waals surface area contributed by atoms with Gasteiger partial charge in [0.05, 0.1) is 25.5 Å². The van der Waals surface area contributed by atoms with Gasteiger partial charge in [-0.25, -0.2) is 0 Å². The normalized spacial score (nSPS) is 11.4. The predicted octanol–water partition coefficient (Wildman–Crippen LogP) is 3.73. The maximum absolute atomic E-state index is 12.3. The molecule has 1 N–H and O–H groups in total. The Labute approximate surface area is 151 Å². The Morgan fingerprint density at radius 3 is 2.28 bits per heavy atom. The highest BCUT2D eigenvalue weighted by Gasteiger charge is 2.17. The average molecular weight is 365 g/mol. The summed E-state index contributed by atoms with van der Waals surface area (Å²) in [6.45, 7) is 5.64. The predicted molar refractivity (Wildman–Crippen MR) is 97.5 cm³/mol. The first-order valence-electron chi connectivity index (χ1n) is 7.89. The number of rotatable bonds is 7. The van der Waals surface area contributed by atoms with Crippen molar-refractivity contribution in [3.8, 4) is 11.5 Å². The van der Waals surface area contributed by atoms with Crippen molar-refractivity contribution in [1.82, 2.24) is 5.48 Å². The molecule has 0 bridgehead atoms. The van der Waals surface area contributed by atoms with Crippen molar-refractivity contribution in [1.29, 1.82) is 0 Å². The van der Waals surface area contributed by atoms with Crippen molar-refractivity contribution in [3.05, 3.63) is 23.1 Å². The van der Waals surface area contributed by atoms with E-state index in [4.69, 9.17) is 14.3 Å². The summed E-state index contributed by atoms with van der Waals surface area (Å²) in [5.41, 5.74) is 2.32. The molecule has 0 saturated heterocycles. The van der Waals surface area contributed by atoms with E-state index in [-0.39, 0.29) is 24.2 Å². The molecule has 0 fully saturated rings. The number of Topliss-reactive ketones (excluding diaryl/α,β-unsaturated/α-hetero) is 1. The summed E-state index contributed by atoms with van der Waals surface area (Å²) in [5.74, 6) is 0.691. The van der Waals surface area contributed by atoms with E-state index in [1.54, 1.807) is 14.2 Å². The largest absolute Gasteiger partial charge is 0.493 e. The molecule has 1 aromatic carbocycles. The summed E-state index contributed by atoms with van der Waals surface area (Å²) < 4.78 is 11.5. The first kappa shape index (κ1) is 19.2. The van der Waals surface area contributed by atoms with Crippen LogP contribution in [-0.2, 0) is 9.63 Å². The monoisotopic (exact) mass is 365 g/mol. The second-order valence-electron chi connectivity index (χ2n) is 6.60. The molecule has 2 rings (SSSR count). The highest BCUT2D eigenvalue weighted by Crippen LogP contribution is 2.36. The number of fused-ring (bicyclic) bond motifs is 1. The first-order chi connectivity index (χ1) is 11.7. The van der Waals surface area contributed by atoms with Crippen LogP contribution in [-0.4, -0.2) is 31.5 Å². The maximum Gasteiger partial charge on any atom is 0.325 e. The van der Waals surface area contributed by atoms with E-state index in [1.165, 1.54) is 11.3 Å². The number of carbonyl (C=O) groups is 2. The minimum Gasteiger partial charge on any atom is -0.493 e. The molecule has 0 spiro atoms. The molecule has 2 aromatic rings. The summed E-state index contributed by atoms with van der Waals surface area (Å²) in [6, 6.07) is 5.49. The summed E-state index contributed by atoms with van der Waals surface area (Å²) in [6.07, 6.45) is 0.133. The van der Waals surface area contributed by atoms with Crippen LogP contribution in [0.1, 0.15) is 43.3 Å². The van der Waals surface area contributed by atoms with E-state index in [1.807, 2.05) is 39.0 Å². The first-order valence-corrected chi connectivity index (χ1v) is 8.71. The molecule has 1 heterocycles. The molecule has 6 nitrogen and oxygen atoms in total. The zero-order valence-electron chi connectivity index (χ0n) is 15.1. The molecule has 7 heteroatoms. The van der Waals surface area contributed by atoms with E-state index in [9.17, 15) is 9.59 Å². The Kier molecular flexibility index (Phi) is 6.02. The van der Waals surface area contributed by atoms with Crippen LogP contribution in [0.15, 0.2) is 18.2 Å². The maximum atomic E-state index is 12.3. The topological polar surface area (TPSA) is 73.9 Å². The third kappa shape index (κ3) is 5.17. The number of ketones is 1. The van der Waals surface area contributed by atoms with Crippen LogP contribution in [0, 0.1) is 0 Å². The molecule has 1 aromatic heterocycles. The Balaban J connectivity index is 2.03. The van der Waals surface area contributed by atoms with Crippen molar-refractivity contribution in [2.24, 2.45) is 0 Å². The summed E-state index contributed by atoms with van der Waals surface area (Å²) in [4.78, 5) is 29.6. The Morgan fingerprint density at radius 1 is 1.04 bits per heavy atom. The fourth-order valence-electron chi connectivity index (χ4n) is 2.10. The van der Waals surface area contributed by atoms with E-state index in [0.717, 1.165) is 10.1 Å². The minimum atomic E-state index is -0.451. The zero-order chi connectivity index (χ0) is 18.6.